The highest BCUT2D eigenvalue weighted by atomic mass is 32.2. The summed E-state index contributed by atoms with van der Waals surface area (Å²) in [6, 6.07) is 5.03. The van der Waals surface area contributed by atoms with E-state index >= 15 is 0 Å². The number of carbonyl (C=O) groups excluding carboxylic acids is 5. The van der Waals surface area contributed by atoms with Gasteiger partial charge in [-0.2, -0.15) is 0 Å². The maximum atomic E-state index is 14.2. The van der Waals surface area contributed by atoms with Crippen LogP contribution < -0.4 is 25.4 Å². The number of cyclic esters (lactones) is 1. The first-order valence-electron chi connectivity index (χ1n) is 16.8. The Kier molecular flexibility index (Phi) is 10.1. The topological polar surface area (TPSA) is 202 Å². The molecule has 51 heavy (non-hydrogen) atoms. The summed E-state index contributed by atoms with van der Waals surface area (Å²) in [5, 5.41) is 8.64. The van der Waals surface area contributed by atoms with Crippen molar-refractivity contribution >= 4 is 56.6 Å². The van der Waals surface area contributed by atoms with Crippen LogP contribution in [0.15, 0.2) is 61.8 Å². The zero-order chi connectivity index (χ0) is 36.3. The minimum atomic E-state index is -3.92. The highest BCUT2D eigenvalue weighted by molar-refractivity contribution is 7.91. The van der Waals surface area contributed by atoms with Gasteiger partial charge >= 0.3 is 6.09 Å². The normalized spacial score (nSPS) is 26.5. The lowest BCUT2D eigenvalue weighted by atomic mass is 10.1. The van der Waals surface area contributed by atoms with E-state index in [1.807, 2.05) is 36.4 Å². The molecule has 2 aromatic rings. The zero-order valence-electron chi connectivity index (χ0n) is 27.8. The third-order valence-electron chi connectivity index (χ3n) is 9.44. The molecule has 2 aliphatic carbocycles. The molecule has 4 bridgehead atoms. The number of allylic oxidation sites excluding steroid dienone is 1. The van der Waals surface area contributed by atoms with Crippen LogP contribution in [0.2, 0.25) is 0 Å². The number of pyridine rings is 1. The third kappa shape index (κ3) is 7.90. The Hall–Kier alpha value is -5.25. The van der Waals surface area contributed by atoms with Gasteiger partial charge in [0.2, 0.25) is 33.6 Å². The Morgan fingerprint density at radius 3 is 2.69 bits per heavy atom. The van der Waals surface area contributed by atoms with Crippen LogP contribution in [-0.2, 0) is 33.9 Å². The Morgan fingerprint density at radius 2 is 1.96 bits per heavy atom. The van der Waals surface area contributed by atoms with Crippen molar-refractivity contribution in [3.63, 3.8) is 0 Å². The Labute approximate surface area is 294 Å². The van der Waals surface area contributed by atoms with Crippen molar-refractivity contribution < 1.29 is 41.9 Å². The average Bonchev–Trinajstić information content (AvgIpc) is 4.04. The second-order valence-corrected chi connectivity index (χ2v) is 15.0. The lowest BCUT2D eigenvalue weighted by Gasteiger charge is -2.29. The number of hydrogen-bond acceptors (Lipinski definition) is 10. The van der Waals surface area contributed by atoms with E-state index in [0.29, 0.717) is 31.1 Å². The van der Waals surface area contributed by atoms with Crippen molar-refractivity contribution in [1.29, 1.82) is 0 Å². The first kappa shape index (κ1) is 35.6. The van der Waals surface area contributed by atoms with E-state index < -0.39 is 74.6 Å². The number of aromatic nitrogens is 1. The molecule has 3 heterocycles. The molecule has 2 saturated carbocycles. The van der Waals surface area contributed by atoms with E-state index in [0.717, 1.165) is 17.0 Å². The number of hydrogen-bond donors (Lipinski definition) is 4. The first-order valence-corrected chi connectivity index (χ1v) is 18.4. The highest BCUT2D eigenvalue weighted by Gasteiger charge is 2.62. The molecular weight excluding hydrogens is 680 g/mol. The minimum Gasteiger partial charge on any atom is -0.472 e. The molecule has 0 spiro atoms. The number of ether oxygens (including phenoxy) is 2. The minimum absolute atomic E-state index is 0.0394. The van der Waals surface area contributed by atoms with Crippen LogP contribution in [0.1, 0.15) is 44.1 Å². The van der Waals surface area contributed by atoms with Gasteiger partial charge in [0.15, 0.2) is 0 Å². The van der Waals surface area contributed by atoms with E-state index in [9.17, 15) is 32.4 Å². The second-order valence-electron chi connectivity index (χ2n) is 13.1. The van der Waals surface area contributed by atoms with Crippen molar-refractivity contribution in [1.82, 2.24) is 30.6 Å². The summed E-state index contributed by atoms with van der Waals surface area (Å²) in [6.07, 6.45) is 8.32. The number of fused-ring (bicyclic) bond motifs is 3. The highest BCUT2D eigenvalue weighted by Crippen LogP contribution is 2.45. The van der Waals surface area contributed by atoms with Gasteiger partial charge in [-0.15, -0.1) is 6.58 Å². The molecule has 5 atom stereocenters. The number of sulfonamides is 1. The molecule has 1 aromatic carbocycles. The third-order valence-corrected chi connectivity index (χ3v) is 11.3. The van der Waals surface area contributed by atoms with Crippen molar-refractivity contribution in [3.8, 4) is 5.88 Å². The number of nitrogens with zero attached hydrogens (tertiary/aromatic N) is 2. The van der Waals surface area contributed by atoms with Crippen LogP contribution in [0.3, 0.4) is 0 Å². The van der Waals surface area contributed by atoms with E-state index in [4.69, 9.17) is 9.47 Å². The maximum absolute atomic E-state index is 14.2. The second kappa shape index (κ2) is 14.5. The van der Waals surface area contributed by atoms with E-state index in [-0.39, 0.29) is 38.4 Å². The molecule has 0 radical (unpaired) electrons. The lowest BCUT2D eigenvalue weighted by Crippen LogP contribution is -2.59. The summed E-state index contributed by atoms with van der Waals surface area (Å²) in [4.78, 5) is 72.4. The standard InChI is InChI=1S/C35H40N6O9S/c1-3-23-18-35(23,33(45)40-51(47,48)25-11-12-25)39-30(43)28-17-24-20-41(28)32(44)27(19-37-29(42)4-2)38-34(46)49-15-7-5-6-8-21-9-10-22-13-14-36-31(50-24)26(22)16-21/h3-4,6,8-10,13-14,16,23-25,27-28H,1-2,5,7,11-12,15,17-20H2,(H,37,42)(H,38,46)(H,39,43)(H,40,45)/t23-,24-,27+,28+,35-/m1/s1. The molecule has 0 unspecified atom stereocenters. The molecule has 16 heteroatoms. The predicted molar refractivity (Wildman–Crippen MR) is 185 cm³/mol. The summed E-state index contributed by atoms with van der Waals surface area (Å²) in [5.41, 5.74) is -0.709. The molecule has 1 saturated heterocycles. The van der Waals surface area contributed by atoms with E-state index in [1.54, 1.807) is 6.20 Å². The van der Waals surface area contributed by atoms with Gasteiger partial charge < -0.3 is 30.3 Å². The van der Waals surface area contributed by atoms with Crippen molar-refractivity contribution in [2.24, 2.45) is 5.92 Å². The summed E-state index contributed by atoms with van der Waals surface area (Å²) >= 11 is 0. The van der Waals surface area contributed by atoms with Gasteiger partial charge in [0, 0.05) is 30.5 Å². The van der Waals surface area contributed by atoms with Crippen molar-refractivity contribution in [3.05, 3.63) is 67.4 Å². The fourth-order valence-electron chi connectivity index (χ4n) is 6.35. The van der Waals surface area contributed by atoms with Gasteiger partial charge in [-0.3, -0.25) is 23.9 Å². The monoisotopic (exact) mass is 720 g/mol. The van der Waals surface area contributed by atoms with Crippen molar-refractivity contribution in [2.45, 2.75) is 67.5 Å². The molecule has 270 valence electrons. The molecular formula is C35H40N6O9S. The quantitative estimate of drug-likeness (QED) is 0.217. The number of amides is 5. The predicted octanol–water partition coefficient (Wildman–Crippen LogP) is 1.46. The van der Waals surface area contributed by atoms with Gasteiger partial charge in [0.05, 0.1) is 18.4 Å². The van der Waals surface area contributed by atoms with Gasteiger partial charge in [0.1, 0.15) is 23.7 Å². The Balaban J connectivity index is 1.32. The fraction of sp³-hybridized carbons (Fsp3) is 0.429. The van der Waals surface area contributed by atoms with Gasteiger partial charge in [-0.1, -0.05) is 36.9 Å². The molecule has 15 nitrogen and oxygen atoms in total. The van der Waals surface area contributed by atoms with E-state index in [1.165, 1.54) is 11.0 Å². The number of alkyl carbamates (subject to hydrolysis) is 1. The molecule has 2 aliphatic heterocycles. The Bertz CT molecular complexity index is 1910. The average molecular weight is 721 g/mol. The largest absolute Gasteiger partial charge is 0.472 e. The molecule has 3 fully saturated rings. The van der Waals surface area contributed by atoms with Crippen LogP contribution in [0.25, 0.3) is 16.8 Å². The SMILES string of the molecule is C=CC(=O)NC[C@@H]1NC(=O)OCCCC=Cc2ccc3ccnc(c3c2)O[C@@H]2C[C@@H](C(=O)N[C@]3(C(=O)NS(=O)(=O)C4CC4)C[C@H]3C=C)N(C2)C1=O. The summed E-state index contributed by atoms with van der Waals surface area (Å²) in [6.45, 7) is 6.72. The summed E-state index contributed by atoms with van der Waals surface area (Å²) < 4.78 is 39.1. The molecule has 1 aromatic heterocycles. The zero-order valence-corrected chi connectivity index (χ0v) is 28.7. The molecule has 4 aliphatic rings. The smallest absolute Gasteiger partial charge is 0.407 e. The van der Waals surface area contributed by atoms with Crippen LogP contribution in [0.4, 0.5) is 4.79 Å². The van der Waals surface area contributed by atoms with Crippen LogP contribution in [0, 0.1) is 5.92 Å². The summed E-state index contributed by atoms with van der Waals surface area (Å²) in [5.74, 6) is -3.22. The van der Waals surface area contributed by atoms with Gasteiger partial charge in [0.25, 0.3) is 5.91 Å². The first-order chi connectivity index (χ1) is 24.4. The van der Waals surface area contributed by atoms with Gasteiger partial charge in [-0.05, 0) is 61.3 Å². The lowest BCUT2D eigenvalue weighted by molar-refractivity contribution is -0.141. The summed E-state index contributed by atoms with van der Waals surface area (Å²) in [7, 11) is -3.92. The molecule has 6 rings (SSSR count). The molecule has 5 amide bonds. The van der Waals surface area contributed by atoms with E-state index in [2.05, 4.69) is 38.8 Å². The number of carbonyl (C=O) groups is 5. The van der Waals surface area contributed by atoms with Gasteiger partial charge in [-0.25, -0.2) is 18.2 Å². The number of nitrogens with one attached hydrogen (secondary N) is 4. The molecule has 4 N–H and O–H groups in total. The van der Waals surface area contributed by atoms with Crippen LogP contribution in [0.5, 0.6) is 5.88 Å². The maximum Gasteiger partial charge on any atom is 0.407 e. The number of benzene rings is 1. The Morgan fingerprint density at radius 1 is 1.16 bits per heavy atom. The van der Waals surface area contributed by atoms with Crippen molar-refractivity contribution in [2.75, 3.05) is 19.7 Å². The fourth-order valence-corrected chi connectivity index (χ4v) is 7.72. The number of rotatable bonds is 9. The van der Waals surface area contributed by atoms with Crippen LogP contribution in [-0.4, -0.2) is 96.7 Å². The van der Waals surface area contributed by atoms with Crippen LogP contribution >= 0.6 is 0 Å².